The molecule has 0 aliphatic carbocycles. The molecule has 8 heteroatoms. The lowest BCUT2D eigenvalue weighted by Crippen LogP contribution is -2.26. The number of likely N-dealkylation sites (tertiary alicyclic amines) is 1. The lowest BCUT2D eigenvalue weighted by molar-refractivity contribution is -0.137. The smallest absolute Gasteiger partial charge is 0.351 e. The Labute approximate surface area is 166 Å². The highest BCUT2D eigenvalue weighted by atomic mass is 32.2. The van der Waals surface area contributed by atoms with Crippen LogP contribution in [0.3, 0.4) is 0 Å². The molecule has 150 valence electrons. The molecule has 0 saturated carbocycles. The molecule has 4 nitrogen and oxygen atoms in total. The number of nitrogens with zero attached hydrogens (tertiary/aromatic N) is 2. The highest BCUT2D eigenvalue weighted by molar-refractivity contribution is 7.99. The van der Waals surface area contributed by atoms with Crippen LogP contribution in [0.2, 0.25) is 0 Å². The topological polar surface area (TPSA) is 45.2 Å². The molecule has 0 spiro atoms. The largest absolute Gasteiger partial charge is 0.417 e. The summed E-state index contributed by atoms with van der Waals surface area (Å²) >= 11 is 1.11. The van der Waals surface area contributed by atoms with Gasteiger partial charge in [0.1, 0.15) is 0 Å². The van der Waals surface area contributed by atoms with Gasteiger partial charge in [-0.1, -0.05) is 36.0 Å². The minimum atomic E-state index is -4.41. The molecule has 1 saturated heterocycles. The van der Waals surface area contributed by atoms with Crippen LogP contribution in [0.4, 0.5) is 13.2 Å². The Morgan fingerprint density at radius 1 is 1.11 bits per heavy atom. The molecule has 1 fully saturated rings. The minimum Gasteiger partial charge on any atom is -0.351 e. The third-order valence-electron chi connectivity index (χ3n) is 4.60. The lowest BCUT2D eigenvalue weighted by Gasteiger charge is -2.17. The average molecular weight is 409 g/mol. The van der Waals surface area contributed by atoms with Gasteiger partial charge in [0, 0.05) is 19.3 Å². The second kappa shape index (κ2) is 9.43. The zero-order valence-electron chi connectivity index (χ0n) is 15.3. The van der Waals surface area contributed by atoms with E-state index in [2.05, 4.69) is 21.3 Å². The summed E-state index contributed by atoms with van der Waals surface area (Å²) in [7, 11) is 0. The second-order valence-electron chi connectivity index (χ2n) is 6.70. The zero-order valence-corrected chi connectivity index (χ0v) is 16.2. The van der Waals surface area contributed by atoms with E-state index in [0.717, 1.165) is 49.2 Å². The van der Waals surface area contributed by atoms with E-state index in [-0.39, 0.29) is 11.7 Å². The predicted molar refractivity (Wildman–Crippen MR) is 103 cm³/mol. The van der Waals surface area contributed by atoms with Crippen molar-refractivity contribution in [1.29, 1.82) is 0 Å². The Bertz CT molecular complexity index is 790. The molecule has 0 atom stereocenters. The number of carbonyl (C=O) groups excluding carboxylic acids is 1. The Morgan fingerprint density at radius 2 is 1.82 bits per heavy atom. The third kappa shape index (κ3) is 5.97. The molecule has 1 aliphatic rings. The first-order valence-electron chi connectivity index (χ1n) is 9.14. The van der Waals surface area contributed by atoms with Gasteiger partial charge in [-0.15, -0.1) is 0 Å². The van der Waals surface area contributed by atoms with Gasteiger partial charge in [-0.2, -0.15) is 13.2 Å². The zero-order chi connectivity index (χ0) is 20.0. The molecule has 2 heterocycles. The molecule has 1 aliphatic heterocycles. The van der Waals surface area contributed by atoms with E-state index >= 15 is 0 Å². The summed E-state index contributed by atoms with van der Waals surface area (Å²) in [5, 5.41) is 3.27. The molecular weight excluding hydrogens is 387 g/mol. The van der Waals surface area contributed by atoms with E-state index in [9.17, 15) is 18.0 Å². The highest BCUT2D eigenvalue weighted by Gasteiger charge is 2.30. The summed E-state index contributed by atoms with van der Waals surface area (Å²) in [5.41, 5.74) is 1.50. The molecular formula is C20H22F3N3OS. The number of alkyl halides is 3. The van der Waals surface area contributed by atoms with Gasteiger partial charge < -0.3 is 5.32 Å². The van der Waals surface area contributed by atoms with Gasteiger partial charge in [0.25, 0.3) is 0 Å². The van der Waals surface area contributed by atoms with Crippen LogP contribution in [0.15, 0.2) is 47.6 Å². The maximum absolute atomic E-state index is 12.5. The SMILES string of the molecule is O=C(CSc1ccc(C(F)(F)F)cn1)NCc1ccccc1CN1CCCC1. The molecule has 1 aromatic heterocycles. The molecule has 0 radical (unpaired) electrons. The van der Waals surface area contributed by atoms with Crippen LogP contribution in [0, 0.1) is 0 Å². The van der Waals surface area contributed by atoms with Gasteiger partial charge in [-0.05, 0) is 49.2 Å². The monoisotopic (exact) mass is 409 g/mol. The number of nitrogens with one attached hydrogen (secondary N) is 1. The van der Waals surface area contributed by atoms with E-state index in [1.54, 1.807) is 0 Å². The van der Waals surface area contributed by atoms with Gasteiger partial charge in [0.15, 0.2) is 0 Å². The fraction of sp³-hybridized carbons (Fsp3) is 0.400. The molecule has 3 rings (SSSR count). The quantitative estimate of drug-likeness (QED) is 0.700. The van der Waals surface area contributed by atoms with Gasteiger partial charge in [0.2, 0.25) is 5.91 Å². The maximum atomic E-state index is 12.5. The first-order chi connectivity index (χ1) is 13.4. The van der Waals surface area contributed by atoms with Crippen molar-refractivity contribution in [3.63, 3.8) is 0 Å². The van der Waals surface area contributed by atoms with Crippen LogP contribution in [0.1, 0.15) is 29.5 Å². The molecule has 1 aromatic carbocycles. The van der Waals surface area contributed by atoms with Crippen molar-refractivity contribution in [1.82, 2.24) is 15.2 Å². The Balaban J connectivity index is 1.48. The molecule has 0 bridgehead atoms. The number of rotatable bonds is 7. The number of halogens is 3. The highest BCUT2D eigenvalue weighted by Crippen LogP contribution is 2.29. The van der Waals surface area contributed by atoms with Crippen molar-refractivity contribution < 1.29 is 18.0 Å². The molecule has 1 amide bonds. The van der Waals surface area contributed by atoms with Crippen LogP contribution in [-0.4, -0.2) is 34.6 Å². The molecule has 28 heavy (non-hydrogen) atoms. The first-order valence-corrected chi connectivity index (χ1v) is 10.1. The number of carbonyl (C=O) groups is 1. The number of amides is 1. The standard InChI is InChI=1S/C20H22F3N3OS/c21-20(22,23)17-7-8-19(25-12-17)28-14-18(27)24-11-15-5-1-2-6-16(15)13-26-9-3-4-10-26/h1-2,5-8,12H,3-4,9-11,13-14H2,(H,24,27). The number of hydrogen-bond acceptors (Lipinski definition) is 4. The number of hydrogen-bond donors (Lipinski definition) is 1. The Morgan fingerprint density at radius 3 is 2.46 bits per heavy atom. The first kappa shape index (κ1) is 20.7. The lowest BCUT2D eigenvalue weighted by atomic mass is 10.1. The minimum absolute atomic E-state index is 0.104. The van der Waals surface area contributed by atoms with Crippen molar-refractivity contribution in [3.05, 3.63) is 59.3 Å². The predicted octanol–water partition coefficient (Wildman–Crippen LogP) is 4.10. The summed E-state index contributed by atoms with van der Waals surface area (Å²) in [6, 6.07) is 10.3. The van der Waals surface area contributed by atoms with Crippen molar-refractivity contribution >= 4 is 17.7 Å². The van der Waals surface area contributed by atoms with Gasteiger partial charge in [-0.25, -0.2) is 4.98 Å². The summed E-state index contributed by atoms with van der Waals surface area (Å²) in [6.07, 6.45) is -1.16. The molecule has 2 aromatic rings. The third-order valence-corrected chi connectivity index (χ3v) is 5.55. The van der Waals surface area contributed by atoms with E-state index in [1.807, 2.05) is 18.2 Å². The summed E-state index contributed by atoms with van der Waals surface area (Å²) in [5.74, 6) is -0.0743. The van der Waals surface area contributed by atoms with Crippen LogP contribution in [0.25, 0.3) is 0 Å². The number of thioether (sulfide) groups is 1. The van der Waals surface area contributed by atoms with Crippen molar-refractivity contribution in [2.75, 3.05) is 18.8 Å². The fourth-order valence-corrected chi connectivity index (χ4v) is 3.76. The van der Waals surface area contributed by atoms with Crippen LogP contribution in [-0.2, 0) is 24.1 Å². The van der Waals surface area contributed by atoms with E-state index in [0.29, 0.717) is 11.6 Å². The van der Waals surface area contributed by atoms with Gasteiger partial charge >= 0.3 is 6.18 Å². The van der Waals surface area contributed by atoms with Crippen LogP contribution < -0.4 is 5.32 Å². The second-order valence-corrected chi connectivity index (χ2v) is 7.70. The van der Waals surface area contributed by atoms with E-state index in [1.165, 1.54) is 24.5 Å². The van der Waals surface area contributed by atoms with E-state index < -0.39 is 11.7 Å². The van der Waals surface area contributed by atoms with Crippen LogP contribution in [0.5, 0.6) is 0 Å². The average Bonchev–Trinajstić information content (AvgIpc) is 3.18. The maximum Gasteiger partial charge on any atom is 0.417 e. The fourth-order valence-electron chi connectivity index (χ4n) is 3.08. The number of pyridine rings is 1. The Hall–Kier alpha value is -2.06. The van der Waals surface area contributed by atoms with Crippen LogP contribution >= 0.6 is 11.8 Å². The Kier molecular flexibility index (Phi) is 6.96. The van der Waals surface area contributed by atoms with Crippen molar-refractivity contribution in [2.45, 2.75) is 37.1 Å². The molecule has 0 unspecified atom stereocenters. The van der Waals surface area contributed by atoms with Gasteiger partial charge in [-0.3, -0.25) is 9.69 Å². The van der Waals surface area contributed by atoms with Crippen molar-refractivity contribution in [3.8, 4) is 0 Å². The number of benzene rings is 1. The summed E-state index contributed by atoms with van der Waals surface area (Å²) in [6.45, 7) is 3.54. The van der Waals surface area contributed by atoms with Gasteiger partial charge in [0.05, 0.1) is 16.3 Å². The van der Waals surface area contributed by atoms with E-state index in [4.69, 9.17) is 0 Å². The number of aromatic nitrogens is 1. The normalized spacial score (nSPS) is 15.0. The van der Waals surface area contributed by atoms with Crippen molar-refractivity contribution in [2.24, 2.45) is 0 Å². The summed E-state index contributed by atoms with van der Waals surface area (Å²) in [4.78, 5) is 18.3. The summed E-state index contributed by atoms with van der Waals surface area (Å²) < 4.78 is 37.6. The molecule has 1 N–H and O–H groups in total.